The maximum atomic E-state index is 12.1. The Morgan fingerprint density at radius 3 is 2.21 bits per heavy atom. The second-order valence-electron chi connectivity index (χ2n) is 3.86. The van der Waals surface area contributed by atoms with E-state index < -0.39 is 6.09 Å². The molecule has 0 atom stereocenters. The number of carbonyl (C=O) groups excluding carboxylic acids is 1. The molecule has 5 nitrogen and oxygen atoms in total. The van der Waals surface area contributed by atoms with Crippen molar-refractivity contribution in [3.63, 3.8) is 0 Å². The van der Waals surface area contributed by atoms with Gasteiger partial charge in [-0.1, -0.05) is 30.3 Å². The molecule has 0 saturated heterocycles. The Hall–Kier alpha value is -2.82. The van der Waals surface area contributed by atoms with E-state index in [1.54, 1.807) is 30.3 Å². The fraction of sp³-hybridized carbons (Fsp3) is 0. The highest BCUT2D eigenvalue weighted by Crippen LogP contribution is 2.25. The topological polar surface area (TPSA) is 86.6 Å². The van der Waals surface area contributed by atoms with Crippen molar-refractivity contribution in [2.75, 3.05) is 5.32 Å². The third kappa shape index (κ3) is 2.90. The molecule has 0 spiro atoms. The molecule has 2 rings (SSSR count). The smallest absolute Gasteiger partial charge is 0.409 e. The normalized spacial score (nSPS) is 9.89. The quantitative estimate of drug-likeness (QED) is 0.582. The van der Waals surface area contributed by atoms with E-state index in [1.807, 2.05) is 5.32 Å². The summed E-state index contributed by atoms with van der Waals surface area (Å²) in [5.74, 6) is -0.526. The third-order valence-corrected chi connectivity index (χ3v) is 2.54. The Bertz CT molecular complexity index is 623. The molecule has 2 aromatic carbocycles. The van der Waals surface area contributed by atoms with Crippen molar-refractivity contribution in [2.45, 2.75) is 0 Å². The number of ketones is 1. The highest BCUT2D eigenvalue weighted by atomic mass is 16.4. The van der Waals surface area contributed by atoms with Crippen LogP contribution in [0, 0.1) is 0 Å². The Labute approximate surface area is 109 Å². The minimum absolute atomic E-state index is 0.0390. The Kier molecular flexibility index (Phi) is 3.47. The molecule has 19 heavy (non-hydrogen) atoms. The lowest BCUT2D eigenvalue weighted by atomic mass is 10.0. The number of benzene rings is 2. The molecule has 0 fully saturated rings. The van der Waals surface area contributed by atoms with E-state index in [9.17, 15) is 14.7 Å². The largest absolute Gasteiger partial charge is 0.506 e. The highest BCUT2D eigenvalue weighted by molar-refractivity contribution is 6.09. The molecule has 0 aromatic heterocycles. The third-order valence-electron chi connectivity index (χ3n) is 2.54. The molecule has 0 bridgehead atoms. The SMILES string of the molecule is O=C(O)Nc1ccc(C(=O)c2ccccc2)cc1O. The Balaban J connectivity index is 2.30. The van der Waals surface area contributed by atoms with Crippen molar-refractivity contribution in [1.29, 1.82) is 0 Å². The first-order chi connectivity index (χ1) is 9.08. The highest BCUT2D eigenvalue weighted by Gasteiger charge is 2.12. The van der Waals surface area contributed by atoms with E-state index in [0.717, 1.165) is 0 Å². The van der Waals surface area contributed by atoms with E-state index in [2.05, 4.69) is 0 Å². The zero-order valence-electron chi connectivity index (χ0n) is 9.83. The summed E-state index contributed by atoms with van der Waals surface area (Å²) in [5, 5.41) is 20.3. The summed E-state index contributed by atoms with van der Waals surface area (Å²) in [6.07, 6.45) is -1.28. The van der Waals surface area contributed by atoms with Crippen LogP contribution in [0.2, 0.25) is 0 Å². The summed E-state index contributed by atoms with van der Waals surface area (Å²) in [4.78, 5) is 22.6. The summed E-state index contributed by atoms with van der Waals surface area (Å²) in [6.45, 7) is 0. The van der Waals surface area contributed by atoms with E-state index in [0.29, 0.717) is 11.1 Å². The molecule has 0 saturated carbocycles. The minimum Gasteiger partial charge on any atom is -0.506 e. The van der Waals surface area contributed by atoms with Gasteiger partial charge in [-0.3, -0.25) is 10.1 Å². The van der Waals surface area contributed by atoms with Crippen molar-refractivity contribution >= 4 is 17.6 Å². The number of hydrogen-bond donors (Lipinski definition) is 3. The van der Waals surface area contributed by atoms with E-state index in [-0.39, 0.29) is 17.2 Å². The molecule has 3 N–H and O–H groups in total. The molecule has 0 unspecified atom stereocenters. The molecule has 96 valence electrons. The van der Waals surface area contributed by atoms with Crippen LogP contribution in [0.25, 0.3) is 0 Å². The van der Waals surface area contributed by atoms with Crippen LogP contribution >= 0.6 is 0 Å². The summed E-state index contributed by atoms with van der Waals surface area (Å²) in [7, 11) is 0. The molecule has 0 aliphatic carbocycles. The van der Waals surface area contributed by atoms with Crippen LogP contribution in [-0.2, 0) is 0 Å². The number of carbonyl (C=O) groups is 2. The average Bonchev–Trinajstić information content (AvgIpc) is 2.41. The Morgan fingerprint density at radius 2 is 1.63 bits per heavy atom. The lowest BCUT2D eigenvalue weighted by Crippen LogP contribution is -2.08. The monoisotopic (exact) mass is 257 g/mol. The van der Waals surface area contributed by atoms with Gasteiger partial charge in [-0.15, -0.1) is 0 Å². The van der Waals surface area contributed by atoms with Gasteiger partial charge in [-0.25, -0.2) is 4.79 Å². The van der Waals surface area contributed by atoms with Gasteiger partial charge in [0.2, 0.25) is 0 Å². The van der Waals surface area contributed by atoms with Gasteiger partial charge in [0.25, 0.3) is 0 Å². The number of rotatable bonds is 3. The van der Waals surface area contributed by atoms with E-state index in [1.165, 1.54) is 18.2 Å². The molecular formula is C14H11NO4. The maximum absolute atomic E-state index is 12.1. The number of hydrogen-bond acceptors (Lipinski definition) is 3. The lowest BCUT2D eigenvalue weighted by Gasteiger charge is -2.06. The number of aromatic hydroxyl groups is 1. The van der Waals surface area contributed by atoms with Gasteiger partial charge in [0.15, 0.2) is 5.78 Å². The van der Waals surface area contributed by atoms with E-state index >= 15 is 0 Å². The van der Waals surface area contributed by atoms with Crippen LogP contribution in [0.15, 0.2) is 48.5 Å². The fourth-order valence-electron chi connectivity index (χ4n) is 1.65. The number of phenols is 1. The van der Waals surface area contributed by atoms with Crippen molar-refractivity contribution in [3.05, 3.63) is 59.7 Å². The van der Waals surface area contributed by atoms with Crippen LogP contribution in [0.4, 0.5) is 10.5 Å². The standard InChI is InChI=1S/C14H11NO4/c16-12-8-10(6-7-11(12)15-14(18)19)13(17)9-4-2-1-3-5-9/h1-8,15-16H,(H,18,19). The van der Waals surface area contributed by atoms with Crippen molar-refractivity contribution in [1.82, 2.24) is 0 Å². The minimum atomic E-state index is -1.28. The molecule has 0 aliphatic rings. The number of anilines is 1. The number of nitrogens with one attached hydrogen (secondary N) is 1. The number of amides is 1. The molecule has 0 aliphatic heterocycles. The number of phenolic OH excluding ortho intramolecular Hbond substituents is 1. The zero-order chi connectivity index (χ0) is 13.8. The van der Waals surface area contributed by atoms with Gasteiger partial charge in [-0.2, -0.15) is 0 Å². The van der Waals surface area contributed by atoms with Gasteiger partial charge in [0.05, 0.1) is 5.69 Å². The van der Waals surface area contributed by atoms with E-state index in [4.69, 9.17) is 5.11 Å². The van der Waals surface area contributed by atoms with Gasteiger partial charge in [-0.05, 0) is 18.2 Å². The molecule has 0 radical (unpaired) electrons. The summed E-state index contributed by atoms with van der Waals surface area (Å²) in [5.41, 5.74) is 0.831. The van der Waals surface area contributed by atoms with Crippen LogP contribution in [0.5, 0.6) is 5.75 Å². The molecule has 5 heteroatoms. The number of carboxylic acid groups (broad SMARTS) is 1. The van der Waals surface area contributed by atoms with Crippen molar-refractivity contribution in [3.8, 4) is 5.75 Å². The predicted octanol–water partition coefficient (Wildman–Crippen LogP) is 2.71. The second kappa shape index (κ2) is 5.22. The fourth-order valence-corrected chi connectivity index (χ4v) is 1.65. The molecule has 1 amide bonds. The first-order valence-electron chi connectivity index (χ1n) is 5.50. The van der Waals surface area contributed by atoms with Gasteiger partial charge >= 0.3 is 6.09 Å². The van der Waals surface area contributed by atoms with Crippen molar-refractivity contribution in [2.24, 2.45) is 0 Å². The maximum Gasteiger partial charge on any atom is 0.409 e. The summed E-state index contributed by atoms with van der Waals surface area (Å²) < 4.78 is 0. The molecular weight excluding hydrogens is 246 g/mol. The first kappa shape index (κ1) is 12.6. The lowest BCUT2D eigenvalue weighted by molar-refractivity contribution is 0.103. The van der Waals surface area contributed by atoms with Gasteiger partial charge in [0, 0.05) is 11.1 Å². The van der Waals surface area contributed by atoms with Crippen LogP contribution in [0.1, 0.15) is 15.9 Å². The van der Waals surface area contributed by atoms with Crippen molar-refractivity contribution < 1.29 is 19.8 Å². The van der Waals surface area contributed by atoms with Gasteiger partial charge in [0.1, 0.15) is 5.75 Å². The van der Waals surface area contributed by atoms with Crippen LogP contribution in [-0.4, -0.2) is 22.1 Å². The first-order valence-corrected chi connectivity index (χ1v) is 5.50. The zero-order valence-corrected chi connectivity index (χ0v) is 9.83. The van der Waals surface area contributed by atoms with Gasteiger partial charge < -0.3 is 10.2 Å². The molecule has 2 aromatic rings. The predicted molar refractivity (Wildman–Crippen MR) is 69.6 cm³/mol. The average molecular weight is 257 g/mol. The van der Waals surface area contributed by atoms with Crippen LogP contribution in [0.3, 0.4) is 0 Å². The van der Waals surface area contributed by atoms with Crippen LogP contribution < -0.4 is 5.32 Å². The Morgan fingerprint density at radius 1 is 0.947 bits per heavy atom. The second-order valence-corrected chi connectivity index (χ2v) is 3.86. The molecule has 0 heterocycles. The summed E-state index contributed by atoms with van der Waals surface area (Å²) in [6, 6.07) is 12.7. The summed E-state index contributed by atoms with van der Waals surface area (Å²) >= 11 is 0.